The van der Waals surface area contributed by atoms with Gasteiger partial charge in [-0.2, -0.15) is 0 Å². The number of piperidine rings is 1. The first-order valence-corrected chi connectivity index (χ1v) is 9.97. The Balaban J connectivity index is 1.35. The molecule has 0 atom stereocenters. The number of anilines is 1. The van der Waals surface area contributed by atoms with Gasteiger partial charge in [0.2, 0.25) is 0 Å². The Labute approximate surface area is 166 Å². The molecule has 0 radical (unpaired) electrons. The number of rotatable bonds is 5. The van der Waals surface area contributed by atoms with Crippen LogP contribution in [0.5, 0.6) is 0 Å². The van der Waals surface area contributed by atoms with E-state index in [0.29, 0.717) is 6.04 Å². The molecule has 1 aliphatic rings. The zero-order valence-electron chi connectivity index (χ0n) is 16.6. The van der Waals surface area contributed by atoms with Crippen molar-refractivity contribution in [3.05, 3.63) is 71.9 Å². The second-order valence-corrected chi connectivity index (χ2v) is 7.49. The van der Waals surface area contributed by atoms with E-state index in [2.05, 4.69) is 61.6 Å². The van der Waals surface area contributed by atoms with Gasteiger partial charge in [-0.1, -0.05) is 12.1 Å². The van der Waals surface area contributed by atoms with E-state index in [1.54, 1.807) is 0 Å². The van der Waals surface area contributed by atoms with Crippen LogP contribution in [0.25, 0.3) is 11.3 Å². The summed E-state index contributed by atoms with van der Waals surface area (Å²) in [4.78, 5) is 15.5. The van der Waals surface area contributed by atoms with E-state index in [0.717, 1.165) is 55.3 Å². The highest BCUT2D eigenvalue weighted by atomic mass is 15.1. The van der Waals surface area contributed by atoms with Crippen molar-refractivity contribution in [1.82, 2.24) is 20.3 Å². The Morgan fingerprint density at radius 1 is 1.00 bits per heavy atom. The van der Waals surface area contributed by atoms with Crippen LogP contribution in [0.15, 0.2) is 54.9 Å². The van der Waals surface area contributed by atoms with Gasteiger partial charge in [0.15, 0.2) is 0 Å². The smallest absolute Gasteiger partial charge is 0.125 e. The van der Waals surface area contributed by atoms with Gasteiger partial charge in [0.05, 0.1) is 5.69 Å². The van der Waals surface area contributed by atoms with E-state index in [-0.39, 0.29) is 0 Å². The maximum Gasteiger partial charge on any atom is 0.125 e. The van der Waals surface area contributed by atoms with Crippen LogP contribution in [0.2, 0.25) is 0 Å². The van der Waals surface area contributed by atoms with Crippen molar-refractivity contribution in [2.45, 2.75) is 39.3 Å². The summed E-state index contributed by atoms with van der Waals surface area (Å²) in [5.74, 6) is 0.805. The molecule has 0 amide bonds. The fourth-order valence-electron chi connectivity index (χ4n) is 3.80. The second kappa shape index (κ2) is 8.48. The van der Waals surface area contributed by atoms with Crippen molar-refractivity contribution < 1.29 is 0 Å². The van der Waals surface area contributed by atoms with E-state index in [4.69, 9.17) is 0 Å². The number of aromatic nitrogens is 3. The Hall–Kier alpha value is -2.79. The highest BCUT2D eigenvalue weighted by molar-refractivity contribution is 5.65. The number of aryl methyl sites for hydroxylation is 2. The molecule has 1 fully saturated rings. The van der Waals surface area contributed by atoms with Crippen LogP contribution in [-0.2, 0) is 6.54 Å². The van der Waals surface area contributed by atoms with Crippen molar-refractivity contribution in [3.63, 3.8) is 0 Å². The van der Waals surface area contributed by atoms with Crippen LogP contribution in [0.4, 0.5) is 5.69 Å². The molecule has 0 unspecified atom stereocenters. The molecule has 0 bridgehead atoms. The summed E-state index contributed by atoms with van der Waals surface area (Å²) >= 11 is 0. The molecule has 3 aromatic rings. The molecular weight excluding hydrogens is 346 g/mol. The average Bonchev–Trinajstić information content (AvgIpc) is 2.73. The molecule has 28 heavy (non-hydrogen) atoms. The minimum absolute atomic E-state index is 0.567. The number of benzene rings is 1. The van der Waals surface area contributed by atoms with Crippen molar-refractivity contribution in [1.29, 1.82) is 0 Å². The number of nitrogens with zero attached hydrogens (tertiary/aromatic N) is 4. The summed E-state index contributed by atoms with van der Waals surface area (Å²) in [5.41, 5.74) is 5.79. The highest BCUT2D eigenvalue weighted by Gasteiger charge is 2.19. The lowest BCUT2D eigenvalue weighted by molar-refractivity contribution is 0.414. The topological polar surface area (TPSA) is 53.9 Å². The van der Waals surface area contributed by atoms with Gasteiger partial charge in [0.25, 0.3) is 0 Å². The molecule has 144 valence electrons. The van der Waals surface area contributed by atoms with Crippen molar-refractivity contribution in [2.75, 3.05) is 18.0 Å². The first kappa shape index (κ1) is 18.6. The molecule has 5 heteroatoms. The predicted octanol–water partition coefficient (Wildman–Crippen LogP) is 3.91. The third-order valence-corrected chi connectivity index (χ3v) is 5.33. The van der Waals surface area contributed by atoms with Crippen molar-refractivity contribution in [2.24, 2.45) is 0 Å². The fraction of sp³-hybridized carbons (Fsp3) is 0.348. The lowest BCUT2D eigenvalue weighted by Crippen LogP contribution is -2.42. The molecule has 3 heterocycles. The lowest BCUT2D eigenvalue weighted by atomic mass is 10.0. The van der Waals surface area contributed by atoms with Crippen LogP contribution >= 0.6 is 0 Å². The fourth-order valence-corrected chi connectivity index (χ4v) is 3.80. The molecule has 0 saturated carbocycles. The maximum atomic E-state index is 4.56. The Morgan fingerprint density at radius 3 is 2.61 bits per heavy atom. The lowest BCUT2D eigenvalue weighted by Gasteiger charge is -2.34. The first-order chi connectivity index (χ1) is 13.7. The quantitative estimate of drug-likeness (QED) is 0.735. The average molecular weight is 374 g/mol. The molecular formula is C23H27N5. The Bertz CT molecular complexity index is 932. The Kier molecular flexibility index (Phi) is 5.63. The van der Waals surface area contributed by atoms with Gasteiger partial charge in [-0.25, -0.2) is 9.97 Å². The molecule has 4 rings (SSSR count). The third-order valence-electron chi connectivity index (χ3n) is 5.33. The third kappa shape index (κ3) is 4.54. The largest absolute Gasteiger partial charge is 0.371 e. The van der Waals surface area contributed by atoms with Crippen LogP contribution < -0.4 is 10.2 Å². The van der Waals surface area contributed by atoms with E-state index < -0.39 is 0 Å². The summed E-state index contributed by atoms with van der Waals surface area (Å²) in [6.07, 6.45) is 6.02. The molecule has 1 aliphatic heterocycles. The summed E-state index contributed by atoms with van der Waals surface area (Å²) in [6, 6.07) is 15.5. The van der Waals surface area contributed by atoms with Crippen molar-refractivity contribution in [3.8, 4) is 11.3 Å². The zero-order valence-corrected chi connectivity index (χ0v) is 16.6. The van der Waals surface area contributed by atoms with Crippen LogP contribution in [-0.4, -0.2) is 34.1 Å². The summed E-state index contributed by atoms with van der Waals surface area (Å²) in [6.45, 7) is 7.02. The van der Waals surface area contributed by atoms with Gasteiger partial charge in [-0.3, -0.25) is 4.98 Å². The van der Waals surface area contributed by atoms with E-state index in [9.17, 15) is 0 Å². The van der Waals surface area contributed by atoms with Crippen LogP contribution in [0.1, 0.15) is 29.9 Å². The van der Waals surface area contributed by atoms with E-state index in [1.807, 2.05) is 32.3 Å². The second-order valence-electron chi connectivity index (χ2n) is 7.49. The molecule has 0 aliphatic carbocycles. The normalized spacial score (nSPS) is 15.0. The van der Waals surface area contributed by atoms with Crippen molar-refractivity contribution >= 4 is 5.69 Å². The Morgan fingerprint density at radius 2 is 1.82 bits per heavy atom. The van der Waals surface area contributed by atoms with Crippen LogP contribution in [0.3, 0.4) is 0 Å². The molecule has 1 aromatic carbocycles. The van der Waals surface area contributed by atoms with Gasteiger partial charge in [0, 0.05) is 55.0 Å². The van der Waals surface area contributed by atoms with Crippen LogP contribution in [0, 0.1) is 13.8 Å². The monoisotopic (exact) mass is 373 g/mol. The van der Waals surface area contributed by atoms with Gasteiger partial charge in [-0.05, 0) is 62.6 Å². The van der Waals surface area contributed by atoms with Gasteiger partial charge < -0.3 is 10.2 Å². The summed E-state index contributed by atoms with van der Waals surface area (Å²) < 4.78 is 0. The number of pyridine rings is 1. The van der Waals surface area contributed by atoms with Gasteiger partial charge >= 0.3 is 0 Å². The highest BCUT2D eigenvalue weighted by Crippen LogP contribution is 2.25. The zero-order chi connectivity index (χ0) is 19.3. The first-order valence-electron chi connectivity index (χ1n) is 9.97. The van der Waals surface area contributed by atoms with E-state index in [1.165, 1.54) is 11.3 Å². The SMILES string of the molecule is Cc1cc(CNC2CCN(c3cccc(-c4ccnc(C)n4)c3)CC2)ccn1. The minimum Gasteiger partial charge on any atom is -0.371 e. The molecule has 5 nitrogen and oxygen atoms in total. The number of hydrogen-bond donors (Lipinski definition) is 1. The summed E-state index contributed by atoms with van der Waals surface area (Å²) in [7, 11) is 0. The summed E-state index contributed by atoms with van der Waals surface area (Å²) in [5, 5.41) is 3.71. The minimum atomic E-state index is 0.567. The van der Waals surface area contributed by atoms with Gasteiger partial charge in [0.1, 0.15) is 5.82 Å². The molecule has 0 spiro atoms. The van der Waals surface area contributed by atoms with Gasteiger partial charge in [-0.15, -0.1) is 0 Å². The standard InChI is InChI=1S/C23H27N5/c1-17-14-19(6-10-24-17)16-26-21-8-12-28(13-9-21)22-5-3-4-20(15-22)23-7-11-25-18(2)27-23/h3-7,10-11,14-15,21,26H,8-9,12-13,16H2,1-2H3. The maximum absolute atomic E-state index is 4.56. The van der Waals surface area contributed by atoms with E-state index >= 15 is 0 Å². The number of hydrogen-bond acceptors (Lipinski definition) is 5. The predicted molar refractivity (Wildman–Crippen MR) is 113 cm³/mol. The molecule has 2 aromatic heterocycles. The molecule has 1 saturated heterocycles. The number of nitrogens with one attached hydrogen (secondary N) is 1. The molecule has 1 N–H and O–H groups in total.